The molecule has 0 bridgehead atoms. The molecule has 192 valence electrons. The summed E-state index contributed by atoms with van der Waals surface area (Å²) in [6.45, 7) is 5.43. The van der Waals surface area contributed by atoms with Crippen molar-refractivity contribution >= 4 is 29.4 Å². The molecule has 1 N–H and O–H groups in total. The zero-order valence-corrected chi connectivity index (χ0v) is 21.4. The Balaban J connectivity index is 1.89. The van der Waals surface area contributed by atoms with Crippen molar-refractivity contribution in [1.82, 2.24) is 4.57 Å². The van der Waals surface area contributed by atoms with Crippen LogP contribution in [0.5, 0.6) is 11.5 Å². The lowest BCUT2D eigenvalue weighted by atomic mass is 9.95. The molecule has 0 aliphatic carbocycles. The van der Waals surface area contributed by atoms with E-state index in [2.05, 4.69) is 4.99 Å². The molecule has 4 rings (SSSR count). The van der Waals surface area contributed by atoms with Gasteiger partial charge in [0.05, 0.1) is 29.0 Å². The third-order valence-corrected chi connectivity index (χ3v) is 6.53. The lowest BCUT2D eigenvalue weighted by Gasteiger charge is -2.26. The van der Waals surface area contributed by atoms with Gasteiger partial charge in [-0.15, -0.1) is 0 Å². The van der Waals surface area contributed by atoms with E-state index < -0.39 is 24.6 Å². The molecule has 1 aromatic heterocycles. The van der Waals surface area contributed by atoms with E-state index in [1.165, 1.54) is 15.9 Å². The normalized spacial score (nSPS) is 15.1. The molecule has 1 unspecified atom stereocenters. The SMILES string of the molecule is CCOC(=O)C1=C(C)N=c2sc(=Cc3cccc(OCC(=O)O)c3)c(=O)n2C1c1ccccc1OCC. The standard InChI is InChI=1S/C27H26N2O7S/c1-4-34-20-12-7-6-11-19(20)24-23(26(33)35-5-2)16(3)28-27-29(24)25(32)21(37-27)14-17-9-8-10-18(13-17)36-15-22(30)31/h6-14,24H,4-5,15H2,1-3H3,(H,30,31). The monoisotopic (exact) mass is 522 g/mol. The van der Waals surface area contributed by atoms with Gasteiger partial charge in [0.2, 0.25) is 0 Å². The summed E-state index contributed by atoms with van der Waals surface area (Å²) in [7, 11) is 0. The van der Waals surface area contributed by atoms with E-state index in [-0.39, 0.29) is 17.7 Å². The number of benzene rings is 2. The van der Waals surface area contributed by atoms with E-state index in [1.807, 2.05) is 25.1 Å². The van der Waals surface area contributed by atoms with Gasteiger partial charge in [-0.25, -0.2) is 14.6 Å². The number of para-hydroxylation sites is 1. The molecule has 1 aliphatic heterocycles. The number of ether oxygens (including phenoxy) is 3. The highest BCUT2D eigenvalue weighted by Gasteiger charge is 2.35. The third-order valence-electron chi connectivity index (χ3n) is 5.55. The minimum atomic E-state index is -1.08. The Hall–Kier alpha value is -4.18. The topological polar surface area (TPSA) is 116 Å². The maximum Gasteiger partial charge on any atom is 0.341 e. The van der Waals surface area contributed by atoms with E-state index in [0.717, 1.165) is 0 Å². The van der Waals surface area contributed by atoms with Crippen molar-refractivity contribution in [3.8, 4) is 11.5 Å². The van der Waals surface area contributed by atoms with E-state index in [1.54, 1.807) is 50.3 Å². The van der Waals surface area contributed by atoms with Crippen LogP contribution in [-0.4, -0.2) is 41.4 Å². The van der Waals surface area contributed by atoms with Gasteiger partial charge in [0.25, 0.3) is 5.56 Å². The Bertz CT molecular complexity index is 1550. The van der Waals surface area contributed by atoms with Crippen molar-refractivity contribution in [3.63, 3.8) is 0 Å². The molecule has 0 amide bonds. The van der Waals surface area contributed by atoms with Crippen LogP contribution in [0.3, 0.4) is 0 Å². The van der Waals surface area contributed by atoms with Crippen LogP contribution in [0.1, 0.15) is 37.9 Å². The Labute approximate surface area is 216 Å². The first-order valence-corrected chi connectivity index (χ1v) is 12.5. The third kappa shape index (κ3) is 5.49. The number of hydrogen-bond donors (Lipinski definition) is 1. The van der Waals surface area contributed by atoms with Crippen LogP contribution in [0.25, 0.3) is 6.08 Å². The first-order valence-electron chi connectivity index (χ1n) is 11.7. The molecule has 10 heteroatoms. The van der Waals surface area contributed by atoms with E-state index in [9.17, 15) is 14.4 Å². The van der Waals surface area contributed by atoms with Gasteiger partial charge in [0, 0.05) is 5.56 Å². The molecule has 3 aromatic rings. The summed E-state index contributed by atoms with van der Waals surface area (Å²) in [5.41, 5.74) is 1.72. The van der Waals surface area contributed by atoms with Crippen LogP contribution in [0, 0.1) is 0 Å². The van der Waals surface area contributed by atoms with Gasteiger partial charge in [0.1, 0.15) is 17.5 Å². The highest BCUT2D eigenvalue weighted by Crippen LogP contribution is 2.35. The van der Waals surface area contributed by atoms with E-state index in [4.69, 9.17) is 19.3 Å². The fourth-order valence-corrected chi connectivity index (χ4v) is 5.12. The Morgan fingerprint density at radius 3 is 2.62 bits per heavy atom. The van der Waals surface area contributed by atoms with Crippen LogP contribution < -0.4 is 24.4 Å². The second kappa shape index (κ2) is 11.3. The summed E-state index contributed by atoms with van der Waals surface area (Å²) >= 11 is 1.20. The molecule has 2 aromatic carbocycles. The summed E-state index contributed by atoms with van der Waals surface area (Å²) in [6.07, 6.45) is 1.69. The van der Waals surface area contributed by atoms with Crippen LogP contribution in [0.15, 0.2) is 69.6 Å². The van der Waals surface area contributed by atoms with Gasteiger partial charge in [-0.2, -0.15) is 0 Å². The number of carboxylic acid groups (broad SMARTS) is 1. The maximum absolute atomic E-state index is 13.8. The fraction of sp³-hybridized carbons (Fsp3) is 0.259. The van der Waals surface area contributed by atoms with Crippen LogP contribution in [-0.2, 0) is 14.3 Å². The lowest BCUT2D eigenvalue weighted by molar-refractivity contribution is -0.140. The number of aromatic nitrogens is 1. The summed E-state index contributed by atoms with van der Waals surface area (Å²) in [5, 5.41) is 8.87. The zero-order valence-electron chi connectivity index (χ0n) is 20.6. The highest BCUT2D eigenvalue weighted by atomic mass is 32.1. The van der Waals surface area contributed by atoms with Crippen molar-refractivity contribution in [2.24, 2.45) is 4.99 Å². The first kappa shape index (κ1) is 25.9. The molecule has 9 nitrogen and oxygen atoms in total. The molecule has 0 spiro atoms. The van der Waals surface area contributed by atoms with Gasteiger partial charge in [0.15, 0.2) is 11.4 Å². The summed E-state index contributed by atoms with van der Waals surface area (Å²) in [5.74, 6) is -0.700. The molecule has 1 aliphatic rings. The average molecular weight is 523 g/mol. The number of fused-ring (bicyclic) bond motifs is 1. The minimum Gasteiger partial charge on any atom is -0.494 e. The van der Waals surface area contributed by atoms with Gasteiger partial charge in [-0.3, -0.25) is 9.36 Å². The van der Waals surface area contributed by atoms with Crippen LogP contribution in [0.4, 0.5) is 0 Å². The lowest BCUT2D eigenvalue weighted by Crippen LogP contribution is -2.40. The molecule has 0 saturated heterocycles. The van der Waals surface area contributed by atoms with Crippen molar-refractivity contribution in [1.29, 1.82) is 0 Å². The summed E-state index contributed by atoms with van der Waals surface area (Å²) in [4.78, 5) is 42.7. The number of carboxylic acids is 1. The quantitative estimate of drug-likeness (QED) is 0.430. The number of carbonyl (C=O) groups excluding carboxylic acids is 1. The molecule has 1 atom stereocenters. The second-order valence-corrected chi connectivity index (χ2v) is 9.04. The Kier molecular flexibility index (Phi) is 7.88. The van der Waals surface area contributed by atoms with Gasteiger partial charge in [-0.05, 0) is 50.6 Å². The molecule has 0 fully saturated rings. The smallest absolute Gasteiger partial charge is 0.341 e. The molecule has 37 heavy (non-hydrogen) atoms. The highest BCUT2D eigenvalue weighted by molar-refractivity contribution is 7.07. The van der Waals surface area contributed by atoms with Crippen molar-refractivity contribution < 1.29 is 28.9 Å². The van der Waals surface area contributed by atoms with E-state index >= 15 is 0 Å². The van der Waals surface area contributed by atoms with E-state index in [0.29, 0.717) is 44.3 Å². The molecular formula is C27H26N2O7S. The van der Waals surface area contributed by atoms with Gasteiger partial charge >= 0.3 is 11.9 Å². The molecule has 2 heterocycles. The first-order chi connectivity index (χ1) is 17.8. The number of rotatable bonds is 9. The Morgan fingerprint density at radius 2 is 1.89 bits per heavy atom. The number of hydrogen-bond acceptors (Lipinski definition) is 8. The Morgan fingerprint density at radius 1 is 1.11 bits per heavy atom. The number of allylic oxidation sites excluding steroid dienone is 1. The maximum atomic E-state index is 13.8. The largest absolute Gasteiger partial charge is 0.494 e. The number of esters is 1. The fourth-order valence-electron chi connectivity index (χ4n) is 4.07. The minimum absolute atomic E-state index is 0.181. The van der Waals surface area contributed by atoms with Crippen LogP contribution in [0.2, 0.25) is 0 Å². The van der Waals surface area contributed by atoms with Gasteiger partial charge in [-0.1, -0.05) is 41.7 Å². The van der Waals surface area contributed by atoms with Gasteiger partial charge < -0.3 is 19.3 Å². The van der Waals surface area contributed by atoms with Crippen molar-refractivity contribution in [3.05, 3.63) is 90.6 Å². The zero-order chi connectivity index (χ0) is 26.5. The van der Waals surface area contributed by atoms with Crippen molar-refractivity contribution in [2.75, 3.05) is 19.8 Å². The van der Waals surface area contributed by atoms with Crippen molar-refractivity contribution in [2.45, 2.75) is 26.8 Å². The summed E-state index contributed by atoms with van der Waals surface area (Å²) < 4.78 is 18.3. The summed E-state index contributed by atoms with van der Waals surface area (Å²) in [6, 6.07) is 13.3. The average Bonchev–Trinajstić information content (AvgIpc) is 3.17. The molecule has 0 radical (unpaired) electrons. The second-order valence-electron chi connectivity index (χ2n) is 8.03. The number of carbonyl (C=O) groups is 2. The van der Waals surface area contributed by atoms with Crippen LogP contribution >= 0.6 is 11.3 Å². The molecule has 0 saturated carbocycles. The molecular weight excluding hydrogens is 496 g/mol. The predicted molar refractivity (Wildman–Crippen MR) is 138 cm³/mol. The number of thiazole rings is 1. The number of nitrogens with zero attached hydrogens (tertiary/aromatic N) is 2. The number of aliphatic carboxylic acids is 1. The predicted octanol–water partition coefficient (Wildman–Crippen LogP) is 2.66.